The van der Waals surface area contributed by atoms with Crippen molar-refractivity contribution in [1.82, 2.24) is 0 Å². The first kappa shape index (κ1) is 36.8. The predicted molar refractivity (Wildman–Crippen MR) is 227 cm³/mol. The Morgan fingerprint density at radius 1 is 0.750 bits per heavy atom. The van der Waals surface area contributed by atoms with Gasteiger partial charge < -0.3 is 19.5 Å². The highest BCUT2D eigenvalue weighted by Gasteiger charge is 2.47. The Labute approximate surface area is 327 Å². The first-order chi connectivity index (χ1) is 27.0. The van der Waals surface area contributed by atoms with Crippen LogP contribution in [0.25, 0.3) is 43.1 Å². The minimum atomic E-state index is -0.840. The molecule has 0 amide bonds. The molecule has 7 nitrogen and oxygen atoms in total. The van der Waals surface area contributed by atoms with Crippen LogP contribution in [0, 0.1) is 0 Å². The number of rotatable bonds is 11. The number of nitrogens with zero attached hydrogens (tertiary/aromatic N) is 2. The SMILES string of the molecule is COC(=C\C(C)=C1/N(CCOC=O)c2c(c3ccccc3c3ccccc23)C1(C)C)/C=C/C1=[N+](CCC(=O)O)c2c(c3ccccc3c3ccccc23)C1(C)C. The van der Waals surface area contributed by atoms with Crippen molar-refractivity contribution in [2.75, 3.05) is 31.7 Å². The van der Waals surface area contributed by atoms with E-state index in [4.69, 9.17) is 9.47 Å². The van der Waals surface area contributed by atoms with Crippen LogP contribution in [0.1, 0.15) is 52.2 Å². The van der Waals surface area contributed by atoms with Crippen molar-refractivity contribution in [1.29, 1.82) is 0 Å². The van der Waals surface area contributed by atoms with Crippen LogP contribution in [0.5, 0.6) is 0 Å². The summed E-state index contributed by atoms with van der Waals surface area (Å²) in [5, 5.41) is 19.2. The normalized spacial score (nSPS) is 17.0. The molecule has 8 rings (SSSR count). The van der Waals surface area contributed by atoms with Crippen molar-refractivity contribution in [2.24, 2.45) is 0 Å². The van der Waals surface area contributed by atoms with Crippen LogP contribution >= 0.6 is 0 Å². The molecule has 2 aliphatic rings. The molecule has 1 N–H and O–H groups in total. The zero-order valence-corrected chi connectivity index (χ0v) is 32.9. The summed E-state index contributed by atoms with van der Waals surface area (Å²) in [5.41, 5.74) is 6.88. The second-order valence-corrected chi connectivity index (χ2v) is 15.8. The quantitative estimate of drug-likeness (QED) is 0.0356. The van der Waals surface area contributed by atoms with Crippen molar-refractivity contribution in [3.05, 3.63) is 143 Å². The molecule has 0 atom stereocenters. The molecule has 7 heteroatoms. The van der Waals surface area contributed by atoms with Crippen LogP contribution in [0.4, 0.5) is 11.4 Å². The number of allylic oxidation sites excluding steroid dienone is 5. The highest BCUT2D eigenvalue weighted by molar-refractivity contribution is 6.19. The first-order valence-corrected chi connectivity index (χ1v) is 19.2. The average Bonchev–Trinajstić information content (AvgIpc) is 3.58. The molecule has 0 aromatic heterocycles. The summed E-state index contributed by atoms with van der Waals surface area (Å²) in [5.74, 6) is -0.180. The Balaban J connectivity index is 1.30. The van der Waals surface area contributed by atoms with E-state index in [2.05, 4.69) is 153 Å². The molecule has 6 aromatic carbocycles. The number of carboxylic acid groups (broad SMARTS) is 1. The van der Waals surface area contributed by atoms with E-state index in [-0.39, 0.29) is 13.0 Å². The van der Waals surface area contributed by atoms with E-state index in [1.807, 2.05) is 6.08 Å². The van der Waals surface area contributed by atoms with E-state index < -0.39 is 16.8 Å². The van der Waals surface area contributed by atoms with Crippen LogP contribution in [0.2, 0.25) is 0 Å². The standard InChI is InChI=1S/C49H46N2O5/c1-31(47-49(4,5)44-38-20-12-8-16-34(38)36-18-10-14-22-40(36)46(44)51(47)27-28-56-30-52)29-32(55-6)23-24-41-48(2,3)43-37-19-11-7-15-33(37)35-17-9-13-21-39(35)45(43)50(41)26-25-42(53)54/h7-24,29-30H,25-28H2,1-6H3/p+1. The van der Waals surface area contributed by atoms with Crippen LogP contribution in [0.15, 0.2) is 132 Å². The molecular formula is C49H47N2O5+. The zero-order chi connectivity index (χ0) is 39.4. The van der Waals surface area contributed by atoms with E-state index in [0.29, 0.717) is 25.3 Å². The summed E-state index contributed by atoms with van der Waals surface area (Å²) < 4.78 is 13.6. The van der Waals surface area contributed by atoms with Gasteiger partial charge in [0.05, 0.1) is 30.1 Å². The van der Waals surface area contributed by atoms with Gasteiger partial charge >= 0.3 is 5.97 Å². The van der Waals surface area contributed by atoms with E-state index in [0.717, 1.165) is 44.5 Å². The molecule has 56 heavy (non-hydrogen) atoms. The van der Waals surface area contributed by atoms with Gasteiger partial charge in [-0.15, -0.1) is 0 Å². The molecule has 0 aliphatic carbocycles. The number of methoxy groups -OCH3 is 1. The molecule has 0 saturated heterocycles. The second kappa shape index (κ2) is 14.1. The van der Waals surface area contributed by atoms with Gasteiger partial charge in [-0.2, -0.15) is 4.58 Å². The van der Waals surface area contributed by atoms with E-state index in [1.54, 1.807) is 7.11 Å². The summed E-state index contributed by atoms with van der Waals surface area (Å²) in [6, 6.07) is 34.0. The van der Waals surface area contributed by atoms with Crippen molar-refractivity contribution in [3.8, 4) is 0 Å². The molecule has 282 valence electrons. The Hall–Kier alpha value is -6.21. The molecule has 6 aromatic rings. The van der Waals surface area contributed by atoms with Gasteiger partial charge in [-0.1, -0.05) is 105 Å². The van der Waals surface area contributed by atoms with Crippen molar-refractivity contribution >= 4 is 72.6 Å². The van der Waals surface area contributed by atoms with Crippen molar-refractivity contribution in [3.63, 3.8) is 0 Å². The highest BCUT2D eigenvalue weighted by atomic mass is 16.5. The number of fused-ring (bicyclic) bond motifs is 12. The van der Waals surface area contributed by atoms with E-state index >= 15 is 0 Å². The number of ether oxygens (including phenoxy) is 2. The van der Waals surface area contributed by atoms with Gasteiger partial charge in [0.15, 0.2) is 12.3 Å². The minimum absolute atomic E-state index is 0.00511. The maximum atomic E-state index is 12.0. The number of carbonyl (C=O) groups excluding carboxylic acids is 1. The van der Waals surface area contributed by atoms with Crippen LogP contribution in [-0.4, -0.2) is 54.6 Å². The van der Waals surface area contributed by atoms with E-state index in [1.165, 1.54) is 38.1 Å². The summed E-state index contributed by atoms with van der Waals surface area (Å²) in [6.07, 6.45) is 6.18. The van der Waals surface area contributed by atoms with Crippen LogP contribution in [0.3, 0.4) is 0 Å². The molecule has 0 radical (unpaired) electrons. The average molecular weight is 744 g/mol. The molecule has 2 aliphatic heterocycles. The fraction of sp³-hybridized carbons (Fsp3) is 0.245. The summed E-state index contributed by atoms with van der Waals surface area (Å²) in [7, 11) is 1.68. The molecule has 0 saturated carbocycles. The van der Waals surface area contributed by atoms with Crippen molar-refractivity contribution < 1.29 is 28.7 Å². The first-order valence-electron chi connectivity index (χ1n) is 19.2. The van der Waals surface area contributed by atoms with Crippen LogP contribution < -0.4 is 4.90 Å². The summed E-state index contributed by atoms with van der Waals surface area (Å²) >= 11 is 0. The van der Waals surface area contributed by atoms with Crippen LogP contribution in [-0.2, 0) is 29.9 Å². The molecule has 0 unspecified atom stereocenters. The lowest BCUT2D eigenvalue weighted by atomic mass is 9.78. The maximum absolute atomic E-state index is 12.0. The Kier molecular flexibility index (Phi) is 9.28. The van der Waals surface area contributed by atoms with Gasteiger partial charge in [0, 0.05) is 28.1 Å². The fourth-order valence-electron chi connectivity index (χ4n) is 9.70. The van der Waals surface area contributed by atoms with E-state index in [9.17, 15) is 14.7 Å². The third-order valence-corrected chi connectivity index (χ3v) is 11.8. The smallest absolute Gasteiger partial charge is 0.309 e. The molecule has 0 bridgehead atoms. The minimum Gasteiger partial charge on any atom is -0.497 e. The lowest BCUT2D eigenvalue weighted by Crippen LogP contribution is -2.30. The maximum Gasteiger partial charge on any atom is 0.309 e. The monoisotopic (exact) mass is 743 g/mol. The number of anilines is 1. The number of benzene rings is 6. The number of hydrogen-bond donors (Lipinski definition) is 1. The molecule has 2 heterocycles. The summed E-state index contributed by atoms with van der Waals surface area (Å²) in [6.45, 7) is 12.7. The number of aliphatic carboxylic acids is 1. The van der Waals surface area contributed by atoms with Gasteiger partial charge in [-0.25, -0.2) is 0 Å². The Bertz CT molecular complexity index is 2730. The Morgan fingerprint density at radius 2 is 1.27 bits per heavy atom. The lowest BCUT2D eigenvalue weighted by Gasteiger charge is -2.29. The number of hydrogen-bond acceptors (Lipinski definition) is 5. The largest absolute Gasteiger partial charge is 0.497 e. The molecule has 0 spiro atoms. The van der Waals surface area contributed by atoms with Gasteiger partial charge in [-0.05, 0) is 82.4 Å². The third kappa shape index (κ3) is 5.76. The van der Waals surface area contributed by atoms with Gasteiger partial charge in [0.2, 0.25) is 5.69 Å². The van der Waals surface area contributed by atoms with Gasteiger partial charge in [-0.3, -0.25) is 9.59 Å². The molecular weight excluding hydrogens is 697 g/mol. The number of carboxylic acids is 1. The molecule has 0 fully saturated rings. The fourth-order valence-corrected chi connectivity index (χ4v) is 9.70. The van der Waals surface area contributed by atoms with Gasteiger partial charge in [0.25, 0.3) is 6.47 Å². The predicted octanol–water partition coefficient (Wildman–Crippen LogP) is 10.5. The zero-order valence-electron chi connectivity index (χ0n) is 32.9. The summed E-state index contributed by atoms with van der Waals surface area (Å²) in [4.78, 5) is 25.7. The topological polar surface area (TPSA) is 79.1 Å². The van der Waals surface area contributed by atoms with Crippen molar-refractivity contribution in [2.45, 2.75) is 51.9 Å². The number of carbonyl (C=O) groups is 2. The third-order valence-electron chi connectivity index (χ3n) is 11.8. The Morgan fingerprint density at radius 3 is 1.84 bits per heavy atom. The lowest BCUT2D eigenvalue weighted by molar-refractivity contribution is -0.435. The second-order valence-electron chi connectivity index (χ2n) is 15.8. The van der Waals surface area contributed by atoms with Gasteiger partial charge in [0.1, 0.15) is 18.8 Å². The highest BCUT2D eigenvalue weighted by Crippen LogP contribution is 2.55.